The quantitative estimate of drug-likeness (QED) is 0.0501. The maximum absolute atomic E-state index is 13.5. The molecule has 2 heterocycles. The van der Waals surface area contributed by atoms with Crippen LogP contribution in [0.15, 0.2) is 66.9 Å². The van der Waals surface area contributed by atoms with E-state index in [1.165, 1.54) is 49.0 Å². The number of aromatic amines is 1. The molecule has 0 saturated heterocycles. The van der Waals surface area contributed by atoms with Gasteiger partial charge in [0.15, 0.2) is 11.5 Å². The second-order valence-electron chi connectivity index (χ2n) is 14.0. The first-order valence-electron chi connectivity index (χ1n) is 19.3. The van der Waals surface area contributed by atoms with Gasteiger partial charge in [0.1, 0.15) is 11.5 Å². The van der Waals surface area contributed by atoms with Gasteiger partial charge in [-0.2, -0.15) is 0 Å². The summed E-state index contributed by atoms with van der Waals surface area (Å²) in [5.41, 5.74) is 7.56. The highest BCUT2D eigenvalue weighted by Gasteiger charge is 2.19. The van der Waals surface area contributed by atoms with Gasteiger partial charge in [-0.15, -0.1) is 0 Å². The topological polar surface area (TPSA) is 138 Å². The minimum Gasteiger partial charge on any atom is -0.504 e. The van der Waals surface area contributed by atoms with E-state index in [0.717, 1.165) is 90.4 Å². The monoisotopic (exact) mass is 747 g/mol. The average Bonchev–Trinajstić information content (AvgIpc) is 3.62. The summed E-state index contributed by atoms with van der Waals surface area (Å²) in [5.74, 6) is 1.50. The Morgan fingerprint density at radius 3 is 2.45 bits per heavy atom. The van der Waals surface area contributed by atoms with Crippen LogP contribution in [0.1, 0.15) is 67.3 Å². The minimum absolute atomic E-state index is 0.0253. The highest BCUT2D eigenvalue weighted by atomic mass is 16.5. The molecule has 0 bridgehead atoms. The van der Waals surface area contributed by atoms with E-state index in [-0.39, 0.29) is 24.1 Å². The highest BCUT2D eigenvalue weighted by Crippen LogP contribution is 2.35. The van der Waals surface area contributed by atoms with Gasteiger partial charge in [-0.1, -0.05) is 25.3 Å². The summed E-state index contributed by atoms with van der Waals surface area (Å²) in [5, 5.41) is 18.9. The fraction of sp³-hybridized carbons (Fsp3) is 0.386. The Labute approximate surface area is 323 Å². The zero-order valence-electron chi connectivity index (χ0n) is 32.2. The van der Waals surface area contributed by atoms with Gasteiger partial charge in [-0.25, -0.2) is 0 Å². The molecule has 6 rings (SSSR count). The number of anilines is 1. The van der Waals surface area contributed by atoms with Crippen LogP contribution >= 0.6 is 0 Å². The number of aromatic hydroxyl groups is 1. The van der Waals surface area contributed by atoms with Crippen LogP contribution in [0.5, 0.6) is 23.0 Å². The largest absolute Gasteiger partial charge is 0.504 e. The molecule has 290 valence electrons. The molecule has 0 atom stereocenters. The van der Waals surface area contributed by atoms with Crippen molar-refractivity contribution in [3.05, 3.63) is 89.3 Å². The Bertz CT molecular complexity index is 2130. The highest BCUT2D eigenvalue weighted by molar-refractivity contribution is 5.95. The number of aromatic nitrogens is 2. The second-order valence-corrected chi connectivity index (χ2v) is 14.0. The number of nitrogens with zero attached hydrogens (tertiary/aromatic N) is 2. The maximum atomic E-state index is 13.5. The molecule has 0 fully saturated rings. The van der Waals surface area contributed by atoms with Crippen molar-refractivity contribution in [1.82, 2.24) is 20.2 Å². The van der Waals surface area contributed by atoms with E-state index in [2.05, 4.69) is 27.8 Å². The first-order chi connectivity index (χ1) is 26.9. The number of hydrogen-bond acceptors (Lipinski definition) is 8. The van der Waals surface area contributed by atoms with E-state index >= 15 is 0 Å². The normalized spacial score (nSPS) is 12.5. The number of phenols is 1. The molecule has 4 N–H and O–H groups in total. The standard InChI is InChI=1S/C44H53N5O6/c1-53-32-15-17-37-35(26-32)31(28-47-37)21-23-45-42(51)29-49(43(52)20-14-30-13-19-40(50)41(25-30)55-3)24-10-6-4-5-9-22-46-44-34-11-7-8-12-38(34)48-39-18-16-33(54-2)27-36(39)44/h13-20,25-28,47,50H,4-12,21-24,29H2,1-3H3,(H,45,51)(H,46,48)/b20-14+. The zero-order valence-corrected chi connectivity index (χ0v) is 32.2. The molecule has 0 saturated carbocycles. The van der Waals surface area contributed by atoms with E-state index in [4.69, 9.17) is 19.2 Å². The molecule has 1 aliphatic carbocycles. The number of carbonyl (C=O) groups excluding carboxylic acids is 2. The van der Waals surface area contributed by atoms with Crippen LogP contribution in [0, 0.1) is 0 Å². The first-order valence-corrected chi connectivity index (χ1v) is 19.3. The molecule has 0 radical (unpaired) electrons. The van der Waals surface area contributed by atoms with E-state index < -0.39 is 0 Å². The lowest BCUT2D eigenvalue weighted by atomic mass is 9.92. The number of methoxy groups -OCH3 is 3. The summed E-state index contributed by atoms with van der Waals surface area (Å²) in [6.45, 7) is 1.73. The van der Waals surface area contributed by atoms with Gasteiger partial charge in [-0.05, 0) is 116 Å². The molecule has 1 aliphatic rings. The Balaban J connectivity index is 1.01. The Morgan fingerprint density at radius 1 is 0.873 bits per heavy atom. The number of unbranched alkanes of at least 4 members (excludes halogenated alkanes) is 4. The second kappa shape index (κ2) is 19.1. The number of phenolic OH excluding ortho intramolecular Hbond substituents is 1. The SMILES string of the molecule is COc1ccc2nc3c(c(NCCCCCCCN(CC(=O)NCCc4c[nH]c5ccc(OC)cc45)C(=O)/C=C/c4ccc(O)c(OC)c4)c2c1)CCCC3. The number of nitrogens with one attached hydrogen (secondary N) is 3. The molecule has 55 heavy (non-hydrogen) atoms. The number of rotatable bonds is 19. The number of amides is 2. The average molecular weight is 748 g/mol. The third kappa shape index (κ3) is 10.1. The molecule has 2 amide bonds. The van der Waals surface area contributed by atoms with Gasteiger partial charge in [0, 0.05) is 59.6 Å². The molecule has 5 aromatic rings. The summed E-state index contributed by atoms with van der Waals surface area (Å²) in [6, 6.07) is 16.9. The Kier molecular flexibility index (Phi) is 13.5. The van der Waals surface area contributed by atoms with E-state index in [0.29, 0.717) is 30.8 Å². The van der Waals surface area contributed by atoms with Gasteiger partial charge in [-0.3, -0.25) is 14.6 Å². The van der Waals surface area contributed by atoms with Gasteiger partial charge >= 0.3 is 0 Å². The molecule has 0 aliphatic heterocycles. The van der Waals surface area contributed by atoms with E-state index in [1.807, 2.05) is 30.5 Å². The summed E-state index contributed by atoms with van der Waals surface area (Å²) in [7, 11) is 4.82. The number of benzene rings is 3. The zero-order chi connectivity index (χ0) is 38.6. The van der Waals surface area contributed by atoms with Crippen molar-refractivity contribution in [2.45, 2.75) is 64.2 Å². The maximum Gasteiger partial charge on any atom is 0.247 e. The van der Waals surface area contributed by atoms with Crippen molar-refractivity contribution in [3.8, 4) is 23.0 Å². The predicted octanol–water partition coefficient (Wildman–Crippen LogP) is 7.59. The van der Waals surface area contributed by atoms with Crippen molar-refractivity contribution < 1.29 is 28.9 Å². The van der Waals surface area contributed by atoms with Crippen molar-refractivity contribution in [2.24, 2.45) is 0 Å². The summed E-state index contributed by atoms with van der Waals surface area (Å²) in [4.78, 5) is 36.5. The van der Waals surface area contributed by atoms with Crippen LogP contribution in [0.3, 0.4) is 0 Å². The van der Waals surface area contributed by atoms with Gasteiger partial charge in [0.05, 0.1) is 33.4 Å². The minimum atomic E-state index is -0.250. The van der Waals surface area contributed by atoms with Crippen molar-refractivity contribution >= 4 is 45.4 Å². The number of hydrogen-bond donors (Lipinski definition) is 4. The molecule has 3 aromatic carbocycles. The third-order valence-corrected chi connectivity index (χ3v) is 10.3. The fourth-order valence-electron chi connectivity index (χ4n) is 7.30. The van der Waals surface area contributed by atoms with Gasteiger partial charge in [0.25, 0.3) is 0 Å². The molecule has 11 nitrogen and oxygen atoms in total. The lowest BCUT2D eigenvalue weighted by molar-refractivity contribution is -0.132. The number of ether oxygens (including phenoxy) is 3. The molecule has 11 heteroatoms. The number of fused-ring (bicyclic) bond motifs is 3. The first kappa shape index (κ1) is 39.0. The van der Waals surface area contributed by atoms with Crippen LogP contribution in [-0.2, 0) is 28.9 Å². The number of H-pyrrole nitrogens is 1. The van der Waals surface area contributed by atoms with Crippen LogP contribution in [-0.4, -0.2) is 79.3 Å². The smallest absolute Gasteiger partial charge is 0.247 e. The summed E-state index contributed by atoms with van der Waals surface area (Å²) < 4.78 is 16.1. The van der Waals surface area contributed by atoms with E-state index in [9.17, 15) is 14.7 Å². The lowest BCUT2D eigenvalue weighted by Gasteiger charge is -2.22. The molecule has 0 unspecified atom stereocenters. The van der Waals surface area contributed by atoms with Crippen LogP contribution < -0.4 is 24.8 Å². The van der Waals surface area contributed by atoms with Crippen LogP contribution in [0.2, 0.25) is 0 Å². The van der Waals surface area contributed by atoms with Crippen LogP contribution in [0.25, 0.3) is 27.9 Å². The Morgan fingerprint density at radius 2 is 1.64 bits per heavy atom. The third-order valence-electron chi connectivity index (χ3n) is 10.3. The predicted molar refractivity (Wildman–Crippen MR) is 218 cm³/mol. The summed E-state index contributed by atoms with van der Waals surface area (Å²) in [6.07, 6.45) is 15.0. The van der Waals surface area contributed by atoms with Crippen molar-refractivity contribution in [3.63, 3.8) is 0 Å². The molecular formula is C44H53N5O6. The number of aryl methyl sites for hydroxylation is 1. The molecular weight excluding hydrogens is 695 g/mol. The van der Waals surface area contributed by atoms with E-state index in [1.54, 1.807) is 37.3 Å². The van der Waals surface area contributed by atoms with Gasteiger partial charge in [0.2, 0.25) is 11.8 Å². The summed E-state index contributed by atoms with van der Waals surface area (Å²) >= 11 is 0. The fourth-order valence-corrected chi connectivity index (χ4v) is 7.30. The van der Waals surface area contributed by atoms with Crippen molar-refractivity contribution in [1.29, 1.82) is 0 Å². The molecule has 2 aromatic heterocycles. The number of carbonyl (C=O) groups is 2. The van der Waals surface area contributed by atoms with Gasteiger partial charge < -0.3 is 39.8 Å². The van der Waals surface area contributed by atoms with Crippen molar-refractivity contribution in [2.75, 3.05) is 52.8 Å². The lowest BCUT2D eigenvalue weighted by Crippen LogP contribution is -2.41. The number of pyridine rings is 1. The van der Waals surface area contributed by atoms with Crippen LogP contribution in [0.4, 0.5) is 5.69 Å². The molecule has 0 spiro atoms. The Hall–Kier alpha value is -5.71.